The van der Waals surface area contributed by atoms with Gasteiger partial charge in [-0.05, 0) is 23.8 Å². The maximum Gasteiger partial charge on any atom is 0.123 e. The van der Waals surface area contributed by atoms with Gasteiger partial charge in [-0.2, -0.15) is 0 Å². The van der Waals surface area contributed by atoms with Gasteiger partial charge in [0.25, 0.3) is 0 Å². The van der Waals surface area contributed by atoms with Gasteiger partial charge in [-0.15, -0.1) is 11.6 Å². The van der Waals surface area contributed by atoms with Crippen molar-refractivity contribution in [3.8, 4) is 5.75 Å². The van der Waals surface area contributed by atoms with E-state index in [4.69, 9.17) is 27.9 Å². The molecule has 17 heavy (non-hydrogen) atoms. The number of alkyl halides is 1. The summed E-state index contributed by atoms with van der Waals surface area (Å²) in [4.78, 5) is 4.10. The molecule has 0 saturated heterocycles. The van der Waals surface area contributed by atoms with Crippen LogP contribution in [0.3, 0.4) is 0 Å². The second-order valence-corrected chi connectivity index (χ2v) is 4.24. The van der Waals surface area contributed by atoms with Gasteiger partial charge in [0.1, 0.15) is 12.4 Å². The predicted octanol–water partition coefficient (Wildman–Crippen LogP) is 4.05. The van der Waals surface area contributed by atoms with Gasteiger partial charge in [-0.3, -0.25) is 4.98 Å². The van der Waals surface area contributed by atoms with Crippen LogP contribution >= 0.6 is 23.2 Å². The van der Waals surface area contributed by atoms with E-state index in [1.807, 2.05) is 36.4 Å². The van der Waals surface area contributed by atoms with Crippen LogP contribution in [0.15, 0.2) is 42.6 Å². The van der Waals surface area contributed by atoms with E-state index in [1.165, 1.54) is 0 Å². The first-order valence-corrected chi connectivity index (χ1v) is 6.07. The minimum absolute atomic E-state index is 0.387. The summed E-state index contributed by atoms with van der Waals surface area (Å²) < 4.78 is 5.63. The molecule has 0 aliphatic carbocycles. The summed E-state index contributed by atoms with van der Waals surface area (Å²) in [5, 5.41) is 0.724. The largest absolute Gasteiger partial charge is 0.489 e. The summed E-state index contributed by atoms with van der Waals surface area (Å²) in [6.45, 7) is 0.503. The molecule has 1 aromatic heterocycles. The predicted molar refractivity (Wildman–Crippen MR) is 69.6 cm³/mol. The molecule has 0 spiro atoms. The third-order valence-corrected chi connectivity index (χ3v) is 2.77. The first kappa shape index (κ1) is 12.2. The van der Waals surface area contributed by atoms with Crippen LogP contribution in [0.2, 0.25) is 5.02 Å². The molecule has 1 aromatic carbocycles. The number of hydrogen-bond acceptors (Lipinski definition) is 2. The number of rotatable bonds is 4. The van der Waals surface area contributed by atoms with E-state index in [-0.39, 0.29) is 0 Å². The Bertz CT molecular complexity index is 485. The van der Waals surface area contributed by atoms with Crippen molar-refractivity contribution in [2.45, 2.75) is 12.5 Å². The van der Waals surface area contributed by atoms with E-state index in [9.17, 15) is 0 Å². The van der Waals surface area contributed by atoms with Gasteiger partial charge in [-0.25, -0.2) is 0 Å². The summed E-state index contributed by atoms with van der Waals surface area (Å²) >= 11 is 11.5. The molecule has 0 atom stereocenters. The lowest BCUT2D eigenvalue weighted by Gasteiger charge is -2.06. The molecule has 88 valence electrons. The van der Waals surface area contributed by atoms with Gasteiger partial charge < -0.3 is 4.74 Å². The van der Waals surface area contributed by atoms with Crippen molar-refractivity contribution in [3.05, 3.63) is 58.9 Å². The fraction of sp³-hybridized carbons (Fsp3) is 0.154. The Balaban J connectivity index is 1.99. The zero-order valence-corrected chi connectivity index (χ0v) is 10.6. The Morgan fingerprint density at radius 1 is 1.12 bits per heavy atom. The molecule has 0 aliphatic rings. The second-order valence-electron chi connectivity index (χ2n) is 3.53. The van der Waals surface area contributed by atoms with E-state index in [0.717, 1.165) is 22.0 Å². The Kier molecular flexibility index (Phi) is 4.24. The van der Waals surface area contributed by atoms with Crippen LogP contribution in [0.25, 0.3) is 0 Å². The molecule has 0 saturated carbocycles. The van der Waals surface area contributed by atoms with Gasteiger partial charge in [0, 0.05) is 17.3 Å². The normalized spacial score (nSPS) is 10.2. The standard InChI is InChI=1S/C13H11Cl2NO/c14-8-12-7-13(5-6-16-12)17-9-10-1-3-11(15)4-2-10/h1-7H,8-9H2. The lowest BCUT2D eigenvalue weighted by molar-refractivity contribution is 0.305. The fourth-order valence-corrected chi connectivity index (χ4v) is 1.64. The number of nitrogens with zero attached hydrogens (tertiary/aromatic N) is 1. The zero-order chi connectivity index (χ0) is 12.1. The number of aromatic nitrogens is 1. The molecule has 2 aromatic rings. The SMILES string of the molecule is ClCc1cc(OCc2ccc(Cl)cc2)ccn1. The summed E-state index contributed by atoms with van der Waals surface area (Å²) in [5.74, 6) is 1.16. The van der Waals surface area contributed by atoms with Crippen molar-refractivity contribution in [1.82, 2.24) is 4.98 Å². The molecular weight excluding hydrogens is 257 g/mol. The van der Waals surface area contributed by atoms with Crippen LogP contribution in [0.5, 0.6) is 5.75 Å². The van der Waals surface area contributed by atoms with Gasteiger partial charge in [0.15, 0.2) is 0 Å². The third kappa shape index (κ3) is 3.62. The average Bonchev–Trinajstić information content (AvgIpc) is 2.38. The minimum atomic E-state index is 0.387. The van der Waals surface area contributed by atoms with E-state index >= 15 is 0 Å². The first-order chi connectivity index (χ1) is 8.28. The number of pyridine rings is 1. The first-order valence-electron chi connectivity index (χ1n) is 5.16. The van der Waals surface area contributed by atoms with Crippen LogP contribution in [-0.4, -0.2) is 4.98 Å². The van der Waals surface area contributed by atoms with Crippen LogP contribution < -0.4 is 4.74 Å². The molecule has 4 heteroatoms. The number of ether oxygens (including phenoxy) is 1. The number of benzene rings is 1. The average molecular weight is 268 g/mol. The lowest BCUT2D eigenvalue weighted by Crippen LogP contribution is -1.96. The molecule has 2 rings (SSSR count). The highest BCUT2D eigenvalue weighted by Crippen LogP contribution is 2.15. The van der Waals surface area contributed by atoms with Crippen LogP contribution in [-0.2, 0) is 12.5 Å². The van der Waals surface area contributed by atoms with E-state index < -0.39 is 0 Å². The van der Waals surface area contributed by atoms with Crippen molar-refractivity contribution >= 4 is 23.2 Å². The van der Waals surface area contributed by atoms with Gasteiger partial charge >= 0.3 is 0 Å². The Hall–Kier alpha value is -1.25. The molecule has 0 unspecified atom stereocenters. The maximum absolute atomic E-state index is 5.80. The monoisotopic (exact) mass is 267 g/mol. The quantitative estimate of drug-likeness (QED) is 0.780. The zero-order valence-electron chi connectivity index (χ0n) is 9.07. The van der Waals surface area contributed by atoms with Crippen molar-refractivity contribution in [2.24, 2.45) is 0 Å². The van der Waals surface area contributed by atoms with E-state index in [0.29, 0.717) is 12.5 Å². The Morgan fingerprint density at radius 3 is 2.59 bits per heavy atom. The second kappa shape index (κ2) is 5.89. The van der Waals surface area contributed by atoms with Crippen LogP contribution in [0.4, 0.5) is 0 Å². The van der Waals surface area contributed by atoms with Crippen LogP contribution in [0.1, 0.15) is 11.3 Å². The molecule has 0 bridgehead atoms. The van der Waals surface area contributed by atoms with Gasteiger partial charge in [0.05, 0.1) is 11.6 Å². The molecule has 0 amide bonds. The summed E-state index contributed by atoms with van der Waals surface area (Å²) in [5.41, 5.74) is 1.87. The fourth-order valence-electron chi connectivity index (χ4n) is 1.37. The van der Waals surface area contributed by atoms with E-state index in [2.05, 4.69) is 4.98 Å². The topological polar surface area (TPSA) is 22.1 Å². The molecule has 0 aliphatic heterocycles. The maximum atomic E-state index is 5.80. The summed E-state index contributed by atoms with van der Waals surface area (Å²) in [6, 6.07) is 11.2. The van der Waals surface area contributed by atoms with Crippen molar-refractivity contribution < 1.29 is 4.74 Å². The molecule has 1 heterocycles. The highest BCUT2D eigenvalue weighted by Gasteiger charge is 1.98. The number of halogens is 2. The molecular formula is C13H11Cl2NO. The highest BCUT2D eigenvalue weighted by atomic mass is 35.5. The summed E-state index contributed by atoms with van der Waals surface area (Å²) in [7, 11) is 0. The number of hydrogen-bond donors (Lipinski definition) is 0. The Labute approximate surface area is 110 Å². The summed E-state index contributed by atoms with van der Waals surface area (Å²) in [6.07, 6.45) is 1.69. The van der Waals surface area contributed by atoms with E-state index in [1.54, 1.807) is 6.20 Å². The molecule has 0 fully saturated rings. The highest BCUT2D eigenvalue weighted by molar-refractivity contribution is 6.30. The molecule has 2 nitrogen and oxygen atoms in total. The van der Waals surface area contributed by atoms with Crippen molar-refractivity contribution in [2.75, 3.05) is 0 Å². The smallest absolute Gasteiger partial charge is 0.123 e. The minimum Gasteiger partial charge on any atom is -0.489 e. The van der Waals surface area contributed by atoms with Gasteiger partial charge in [0.2, 0.25) is 0 Å². The molecule has 0 N–H and O–H groups in total. The molecule has 0 radical (unpaired) electrons. The van der Waals surface area contributed by atoms with Gasteiger partial charge in [-0.1, -0.05) is 23.7 Å². The third-order valence-electron chi connectivity index (χ3n) is 2.24. The lowest BCUT2D eigenvalue weighted by atomic mass is 10.2. The van der Waals surface area contributed by atoms with Crippen molar-refractivity contribution in [3.63, 3.8) is 0 Å². The van der Waals surface area contributed by atoms with Crippen LogP contribution in [0, 0.1) is 0 Å². The Morgan fingerprint density at radius 2 is 1.88 bits per heavy atom. The van der Waals surface area contributed by atoms with Crippen molar-refractivity contribution in [1.29, 1.82) is 0 Å².